The summed E-state index contributed by atoms with van der Waals surface area (Å²) in [6, 6.07) is 16.2. The number of nitriles is 1. The molecular formula is C25H26N4O6S2. The van der Waals surface area contributed by atoms with Crippen molar-refractivity contribution in [2.75, 3.05) is 31.4 Å². The maximum absolute atomic E-state index is 12.6. The van der Waals surface area contributed by atoms with E-state index in [0.29, 0.717) is 23.7 Å². The summed E-state index contributed by atoms with van der Waals surface area (Å²) in [6.07, 6.45) is 1.37. The van der Waals surface area contributed by atoms with Crippen LogP contribution < -0.4 is 19.5 Å². The first kappa shape index (κ1) is 27.6. The number of methoxy groups -OCH3 is 1. The third-order valence-electron chi connectivity index (χ3n) is 4.66. The minimum atomic E-state index is -3.60. The van der Waals surface area contributed by atoms with Crippen LogP contribution >= 0.6 is 11.3 Å². The van der Waals surface area contributed by atoms with Crippen LogP contribution in [0.1, 0.15) is 19.4 Å². The molecule has 2 aromatic carbocycles. The van der Waals surface area contributed by atoms with Crippen molar-refractivity contribution in [3.63, 3.8) is 0 Å². The van der Waals surface area contributed by atoms with Gasteiger partial charge in [0.15, 0.2) is 11.5 Å². The molecule has 0 bridgehead atoms. The highest BCUT2D eigenvalue weighted by molar-refractivity contribution is 7.93. The molecule has 0 spiro atoms. The zero-order valence-corrected chi connectivity index (χ0v) is 22.1. The Morgan fingerprint density at radius 1 is 1.11 bits per heavy atom. The van der Waals surface area contributed by atoms with Crippen molar-refractivity contribution in [1.82, 2.24) is 10.2 Å². The number of anilines is 1. The summed E-state index contributed by atoms with van der Waals surface area (Å²) in [7, 11) is -2.12. The molecule has 0 atom stereocenters. The van der Waals surface area contributed by atoms with E-state index >= 15 is 0 Å². The summed E-state index contributed by atoms with van der Waals surface area (Å²) in [4.78, 5) is 12.6. The van der Waals surface area contributed by atoms with Crippen LogP contribution in [0.3, 0.4) is 0 Å². The Hall–Kier alpha value is -3.95. The molecule has 1 amide bonds. The number of carbonyl (C=O) groups is 1. The lowest BCUT2D eigenvalue weighted by Gasteiger charge is -2.12. The minimum Gasteiger partial charge on any atom is -0.493 e. The van der Waals surface area contributed by atoms with Crippen LogP contribution in [-0.2, 0) is 14.6 Å². The van der Waals surface area contributed by atoms with Gasteiger partial charge in [0.05, 0.1) is 12.9 Å². The van der Waals surface area contributed by atoms with Crippen molar-refractivity contribution >= 4 is 38.3 Å². The summed E-state index contributed by atoms with van der Waals surface area (Å²) in [5.41, 5.74) is 0.308. The fourth-order valence-corrected chi connectivity index (χ4v) is 5.70. The average molecular weight is 543 g/mol. The predicted octanol–water partition coefficient (Wildman–Crippen LogP) is 3.98. The number of sulfone groups is 1. The van der Waals surface area contributed by atoms with Gasteiger partial charge in [-0.05, 0) is 41.8 Å². The maximum Gasteiger partial charge on any atom is 0.268 e. The molecule has 3 rings (SSSR count). The normalized spacial score (nSPS) is 11.6. The summed E-state index contributed by atoms with van der Waals surface area (Å²) in [6.45, 7) is 4.17. The molecule has 0 saturated carbocycles. The fraction of sp³-hybridized carbons (Fsp3) is 0.280. The number of ether oxygens (including phenoxy) is 3. The molecule has 194 valence electrons. The second-order valence-corrected chi connectivity index (χ2v) is 11.3. The second kappa shape index (κ2) is 12.8. The number of hydrogen-bond donors (Lipinski definition) is 1. The highest BCUT2D eigenvalue weighted by Crippen LogP contribution is 2.29. The lowest BCUT2D eigenvalue weighted by Crippen LogP contribution is -2.13. The molecule has 0 saturated heterocycles. The van der Waals surface area contributed by atoms with E-state index in [2.05, 4.69) is 15.5 Å². The van der Waals surface area contributed by atoms with Crippen LogP contribution in [0, 0.1) is 17.2 Å². The van der Waals surface area contributed by atoms with E-state index < -0.39 is 15.7 Å². The van der Waals surface area contributed by atoms with Gasteiger partial charge < -0.3 is 14.2 Å². The summed E-state index contributed by atoms with van der Waals surface area (Å²) >= 11 is 0.735. The zero-order valence-electron chi connectivity index (χ0n) is 20.5. The van der Waals surface area contributed by atoms with Gasteiger partial charge in [-0.2, -0.15) is 5.26 Å². The standard InChI is InChI=1S/C25H26N4O6S2/c1-17(2)16-37(31,32)25-29-28-24(36-25)27-23(30)19(15-26)13-18-9-10-21(22(14-18)33-3)35-12-11-34-20-7-5-4-6-8-20/h4-10,13-14,17H,11-12,16H2,1-3H3,(H,27,28,30)/b19-13-. The molecule has 0 radical (unpaired) electrons. The topological polar surface area (TPSA) is 140 Å². The lowest BCUT2D eigenvalue weighted by atomic mass is 10.1. The summed E-state index contributed by atoms with van der Waals surface area (Å²) < 4.78 is 41.2. The van der Waals surface area contributed by atoms with Gasteiger partial charge in [0, 0.05) is 0 Å². The van der Waals surface area contributed by atoms with E-state index in [-0.39, 0.29) is 33.3 Å². The Kier molecular flexibility index (Phi) is 9.59. The van der Waals surface area contributed by atoms with Crippen LogP contribution in [-0.4, -0.2) is 50.6 Å². The molecule has 0 aliphatic heterocycles. The molecule has 12 heteroatoms. The van der Waals surface area contributed by atoms with Crippen LogP contribution in [0.2, 0.25) is 0 Å². The molecule has 0 fully saturated rings. The van der Waals surface area contributed by atoms with Gasteiger partial charge in [0.2, 0.25) is 19.3 Å². The first-order valence-electron chi connectivity index (χ1n) is 11.2. The first-order valence-corrected chi connectivity index (χ1v) is 13.7. The molecule has 1 N–H and O–H groups in total. The largest absolute Gasteiger partial charge is 0.493 e. The van der Waals surface area contributed by atoms with E-state index in [1.807, 2.05) is 36.4 Å². The third-order valence-corrected chi connectivity index (χ3v) is 8.03. The van der Waals surface area contributed by atoms with E-state index in [9.17, 15) is 18.5 Å². The minimum absolute atomic E-state index is 0.0208. The van der Waals surface area contributed by atoms with Crippen molar-refractivity contribution in [1.29, 1.82) is 5.26 Å². The van der Waals surface area contributed by atoms with E-state index in [1.54, 1.807) is 32.0 Å². The van der Waals surface area contributed by atoms with Crippen molar-refractivity contribution in [2.24, 2.45) is 5.92 Å². The maximum atomic E-state index is 12.6. The average Bonchev–Trinajstić information content (AvgIpc) is 3.35. The van der Waals surface area contributed by atoms with Crippen LogP contribution in [0.4, 0.5) is 5.13 Å². The van der Waals surface area contributed by atoms with E-state index in [1.165, 1.54) is 13.2 Å². The number of amides is 1. The van der Waals surface area contributed by atoms with Gasteiger partial charge in [0.25, 0.3) is 5.91 Å². The molecular weight excluding hydrogens is 516 g/mol. The Balaban J connectivity index is 1.65. The lowest BCUT2D eigenvalue weighted by molar-refractivity contribution is -0.112. The van der Waals surface area contributed by atoms with E-state index in [4.69, 9.17) is 14.2 Å². The van der Waals surface area contributed by atoms with Gasteiger partial charge in [-0.25, -0.2) is 8.42 Å². The smallest absolute Gasteiger partial charge is 0.268 e. The zero-order chi connectivity index (χ0) is 26.8. The number of para-hydroxylation sites is 1. The molecule has 0 aliphatic carbocycles. The van der Waals surface area contributed by atoms with Crippen molar-refractivity contribution < 1.29 is 27.4 Å². The molecule has 3 aromatic rings. The predicted molar refractivity (Wildman–Crippen MR) is 139 cm³/mol. The molecule has 37 heavy (non-hydrogen) atoms. The number of nitrogens with one attached hydrogen (secondary N) is 1. The number of carbonyl (C=O) groups excluding carboxylic acids is 1. The van der Waals surface area contributed by atoms with E-state index in [0.717, 1.165) is 17.1 Å². The molecule has 0 unspecified atom stereocenters. The van der Waals surface area contributed by atoms with Crippen molar-refractivity contribution in [3.05, 3.63) is 59.7 Å². The van der Waals surface area contributed by atoms with Crippen molar-refractivity contribution in [3.8, 4) is 23.3 Å². The quantitative estimate of drug-likeness (QED) is 0.156. The van der Waals surface area contributed by atoms with Gasteiger partial charge in [-0.1, -0.05) is 49.4 Å². The van der Waals surface area contributed by atoms with Gasteiger partial charge in [-0.3, -0.25) is 10.1 Å². The second-order valence-electron chi connectivity index (χ2n) is 8.09. The SMILES string of the molecule is COc1cc(/C=C(/C#N)C(=O)Nc2nnc(S(=O)(=O)CC(C)C)s2)ccc1OCCOc1ccccc1. The molecule has 0 aliphatic rings. The van der Waals surface area contributed by atoms with Gasteiger partial charge >= 0.3 is 0 Å². The molecule has 1 heterocycles. The Bertz CT molecular complexity index is 1400. The number of aromatic nitrogens is 2. The highest BCUT2D eigenvalue weighted by Gasteiger charge is 2.23. The van der Waals surface area contributed by atoms with Crippen LogP contribution in [0.25, 0.3) is 6.08 Å². The monoisotopic (exact) mass is 542 g/mol. The molecule has 10 nitrogen and oxygen atoms in total. The fourth-order valence-electron chi connectivity index (χ4n) is 3.10. The number of hydrogen-bond acceptors (Lipinski definition) is 10. The Morgan fingerprint density at radius 2 is 1.84 bits per heavy atom. The summed E-state index contributed by atoms with van der Waals surface area (Å²) in [5, 5.41) is 19.3. The van der Waals surface area contributed by atoms with Gasteiger partial charge in [-0.15, -0.1) is 10.2 Å². The van der Waals surface area contributed by atoms with Crippen LogP contribution in [0.15, 0.2) is 58.4 Å². The Morgan fingerprint density at radius 3 is 2.51 bits per heavy atom. The van der Waals surface area contributed by atoms with Crippen LogP contribution in [0.5, 0.6) is 17.2 Å². The third kappa shape index (κ3) is 8.03. The number of benzene rings is 2. The molecule has 1 aromatic heterocycles. The van der Waals surface area contributed by atoms with Crippen molar-refractivity contribution in [2.45, 2.75) is 18.2 Å². The number of rotatable bonds is 12. The highest BCUT2D eigenvalue weighted by atomic mass is 32.2. The number of nitrogens with zero attached hydrogens (tertiary/aromatic N) is 3. The summed E-state index contributed by atoms with van der Waals surface area (Å²) in [5.74, 6) is 0.710. The van der Waals surface area contributed by atoms with Gasteiger partial charge in [0.1, 0.15) is 30.6 Å². The first-order chi connectivity index (χ1) is 17.7. The Labute approximate surface area is 219 Å².